The molecule has 8 heteroatoms. The Kier molecular flexibility index (Phi) is 6.44. The Morgan fingerprint density at radius 3 is 2.18 bits per heavy atom. The van der Waals surface area contributed by atoms with Gasteiger partial charge in [0.2, 0.25) is 10.0 Å². The summed E-state index contributed by atoms with van der Waals surface area (Å²) in [6.45, 7) is 6.56. The van der Waals surface area contributed by atoms with Gasteiger partial charge >= 0.3 is 0 Å². The maximum atomic E-state index is 12.9. The van der Waals surface area contributed by atoms with Crippen LogP contribution in [0.5, 0.6) is 0 Å². The molecule has 0 aromatic heterocycles. The van der Waals surface area contributed by atoms with Gasteiger partial charge in [-0.05, 0) is 38.1 Å². The molecule has 0 spiro atoms. The number of quaternary nitrogens is 1. The second-order valence-corrected chi connectivity index (χ2v) is 10.1. The van der Waals surface area contributed by atoms with Crippen molar-refractivity contribution in [2.75, 3.05) is 40.3 Å². The van der Waals surface area contributed by atoms with Gasteiger partial charge in [0.1, 0.15) is 0 Å². The summed E-state index contributed by atoms with van der Waals surface area (Å²) < 4.78 is 33.0. The third kappa shape index (κ3) is 4.56. The lowest BCUT2D eigenvalue weighted by Crippen LogP contribution is -3.10. The zero-order chi connectivity index (χ0) is 20.5. The maximum Gasteiger partial charge on any atom is 0.253 e. The monoisotopic (exact) mass is 410 g/mol. The van der Waals surface area contributed by atoms with Gasteiger partial charge < -0.3 is 14.5 Å². The van der Waals surface area contributed by atoms with E-state index in [0.717, 1.165) is 25.9 Å². The normalized spacial score (nSPS) is 29.4. The number of carbonyl (C=O) groups excluding carboxylic acids is 1. The molecular formula is C20H32N3O4S+. The van der Waals surface area contributed by atoms with Gasteiger partial charge in [0, 0.05) is 44.6 Å². The summed E-state index contributed by atoms with van der Waals surface area (Å²) in [5.41, 5.74) is 0.524. The van der Waals surface area contributed by atoms with Crippen LogP contribution in [0.3, 0.4) is 0 Å². The third-order valence-corrected chi connectivity index (χ3v) is 7.65. The van der Waals surface area contributed by atoms with Crippen LogP contribution in [0, 0.1) is 0 Å². The minimum atomic E-state index is -3.59. The van der Waals surface area contributed by atoms with Crippen molar-refractivity contribution in [1.29, 1.82) is 0 Å². The number of ether oxygens (including phenoxy) is 1. The number of amides is 1. The van der Waals surface area contributed by atoms with Crippen molar-refractivity contribution >= 4 is 15.9 Å². The minimum absolute atomic E-state index is 0.0536. The minimum Gasteiger partial charge on any atom is -0.373 e. The van der Waals surface area contributed by atoms with Gasteiger partial charge in [-0.15, -0.1) is 0 Å². The lowest BCUT2D eigenvalue weighted by molar-refractivity contribution is -0.885. The van der Waals surface area contributed by atoms with E-state index in [1.165, 1.54) is 9.21 Å². The van der Waals surface area contributed by atoms with Crippen LogP contribution in [0.4, 0.5) is 0 Å². The van der Waals surface area contributed by atoms with Gasteiger partial charge in [-0.2, -0.15) is 4.31 Å². The molecule has 2 fully saturated rings. The van der Waals surface area contributed by atoms with Crippen molar-refractivity contribution < 1.29 is 22.8 Å². The fourth-order valence-electron chi connectivity index (χ4n) is 4.10. The van der Waals surface area contributed by atoms with Crippen molar-refractivity contribution in [2.24, 2.45) is 0 Å². The number of sulfonamides is 1. The summed E-state index contributed by atoms with van der Waals surface area (Å²) in [7, 11) is 0.424. The summed E-state index contributed by atoms with van der Waals surface area (Å²) in [4.78, 5) is 16.3. The first-order chi connectivity index (χ1) is 13.2. The fraction of sp³-hybridized carbons (Fsp3) is 0.650. The quantitative estimate of drug-likeness (QED) is 0.772. The third-order valence-electron chi connectivity index (χ3n) is 5.80. The highest BCUT2D eigenvalue weighted by molar-refractivity contribution is 7.89. The highest BCUT2D eigenvalue weighted by Gasteiger charge is 2.32. The molecule has 1 aromatic carbocycles. The molecule has 1 aromatic rings. The number of hydrogen-bond donors (Lipinski definition) is 1. The molecule has 0 bridgehead atoms. The van der Waals surface area contributed by atoms with Crippen LogP contribution < -0.4 is 4.90 Å². The number of benzene rings is 1. The average Bonchev–Trinajstić information content (AvgIpc) is 2.67. The summed E-state index contributed by atoms with van der Waals surface area (Å²) in [5, 5.41) is 0. The van der Waals surface area contributed by atoms with E-state index in [4.69, 9.17) is 4.74 Å². The standard InChI is InChI=1S/C20H31N3O4S/c1-15-13-23(14-16(2)27-15)28(25,26)19-7-5-17(6-8-19)20(24)22(4)18-9-11-21(3)12-10-18/h5-8,15-16,18H,9-14H2,1-4H3/p+1/t15-,16+. The lowest BCUT2D eigenvalue weighted by atomic mass is 10.0. The summed E-state index contributed by atoms with van der Waals surface area (Å²) in [6.07, 6.45) is 1.72. The number of rotatable bonds is 4. The largest absolute Gasteiger partial charge is 0.373 e. The zero-order valence-corrected chi connectivity index (χ0v) is 18.0. The summed E-state index contributed by atoms with van der Waals surface area (Å²) in [6, 6.07) is 6.58. The Labute approximate surface area is 168 Å². The number of likely N-dealkylation sites (tertiary alicyclic amines) is 1. The molecule has 156 valence electrons. The molecule has 2 aliphatic rings. The first kappa shape index (κ1) is 21.2. The molecule has 3 rings (SSSR count). The van der Waals surface area contributed by atoms with Crippen LogP contribution >= 0.6 is 0 Å². The first-order valence-corrected chi connectivity index (χ1v) is 11.5. The van der Waals surface area contributed by atoms with E-state index in [1.54, 1.807) is 29.2 Å². The van der Waals surface area contributed by atoms with Crippen molar-refractivity contribution in [3.63, 3.8) is 0 Å². The summed E-state index contributed by atoms with van der Waals surface area (Å²) in [5.74, 6) is -0.0536. The molecule has 28 heavy (non-hydrogen) atoms. The second kappa shape index (κ2) is 8.49. The molecule has 0 radical (unpaired) electrons. The Morgan fingerprint density at radius 2 is 1.64 bits per heavy atom. The maximum absolute atomic E-state index is 12.9. The van der Waals surface area contributed by atoms with E-state index in [1.807, 2.05) is 20.9 Å². The average molecular weight is 411 g/mol. The van der Waals surface area contributed by atoms with Gasteiger partial charge in [-0.25, -0.2) is 8.42 Å². The Balaban J connectivity index is 1.71. The van der Waals surface area contributed by atoms with Crippen LogP contribution in [0.15, 0.2) is 29.2 Å². The molecule has 0 unspecified atom stereocenters. The molecule has 2 aliphatic heterocycles. The molecule has 1 amide bonds. The predicted octanol–water partition coefficient (Wildman–Crippen LogP) is 0.234. The predicted molar refractivity (Wildman–Crippen MR) is 107 cm³/mol. The zero-order valence-electron chi connectivity index (χ0n) is 17.2. The van der Waals surface area contributed by atoms with Crippen LogP contribution in [0.2, 0.25) is 0 Å². The van der Waals surface area contributed by atoms with Gasteiger partial charge in [0.05, 0.1) is 37.2 Å². The molecule has 0 saturated carbocycles. The smallest absolute Gasteiger partial charge is 0.253 e. The molecule has 1 N–H and O–H groups in total. The Hall–Kier alpha value is -1.48. The first-order valence-electron chi connectivity index (χ1n) is 10.0. The SMILES string of the molecule is C[C@@H]1CN(S(=O)(=O)c2ccc(C(=O)N(C)C3CC[NH+](C)CC3)cc2)C[C@H](C)O1. The van der Waals surface area contributed by atoms with Crippen molar-refractivity contribution in [3.05, 3.63) is 29.8 Å². The molecule has 2 atom stereocenters. The number of morpholine rings is 1. The molecule has 7 nitrogen and oxygen atoms in total. The van der Waals surface area contributed by atoms with Crippen molar-refractivity contribution in [1.82, 2.24) is 9.21 Å². The van der Waals surface area contributed by atoms with Crippen LogP contribution in [0.25, 0.3) is 0 Å². The van der Waals surface area contributed by atoms with E-state index < -0.39 is 10.0 Å². The van der Waals surface area contributed by atoms with Gasteiger partial charge in [-0.1, -0.05) is 0 Å². The van der Waals surface area contributed by atoms with Gasteiger partial charge in [-0.3, -0.25) is 4.79 Å². The second-order valence-electron chi connectivity index (χ2n) is 8.21. The van der Waals surface area contributed by atoms with Crippen LogP contribution in [-0.2, 0) is 14.8 Å². The van der Waals surface area contributed by atoms with Crippen molar-refractivity contribution in [2.45, 2.75) is 49.8 Å². The molecular weight excluding hydrogens is 378 g/mol. The van der Waals surface area contributed by atoms with Gasteiger partial charge in [0.15, 0.2) is 0 Å². The van der Waals surface area contributed by atoms with E-state index in [9.17, 15) is 13.2 Å². The number of carbonyl (C=O) groups is 1. The molecule has 2 heterocycles. The van der Waals surface area contributed by atoms with Crippen molar-refractivity contribution in [3.8, 4) is 0 Å². The van der Waals surface area contributed by atoms with Crippen LogP contribution in [0.1, 0.15) is 37.0 Å². The number of piperidine rings is 1. The Morgan fingerprint density at radius 1 is 1.11 bits per heavy atom. The number of nitrogens with one attached hydrogen (secondary N) is 1. The van der Waals surface area contributed by atoms with E-state index in [-0.39, 0.29) is 29.1 Å². The molecule has 0 aliphatic carbocycles. The Bertz CT molecular complexity index is 778. The molecule has 2 saturated heterocycles. The van der Waals surface area contributed by atoms with E-state index >= 15 is 0 Å². The number of nitrogens with zero attached hydrogens (tertiary/aromatic N) is 2. The summed E-state index contributed by atoms with van der Waals surface area (Å²) >= 11 is 0. The number of hydrogen-bond acceptors (Lipinski definition) is 4. The lowest BCUT2D eigenvalue weighted by Gasteiger charge is -2.34. The van der Waals surface area contributed by atoms with Gasteiger partial charge in [0.25, 0.3) is 5.91 Å². The highest BCUT2D eigenvalue weighted by atomic mass is 32.2. The topological polar surface area (TPSA) is 71.4 Å². The van der Waals surface area contributed by atoms with E-state index in [2.05, 4.69) is 7.05 Å². The highest BCUT2D eigenvalue weighted by Crippen LogP contribution is 2.22. The fourth-order valence-corrected chi connectivity index (χ4v) is 5.69. The van der Waals surface area contributed by atoms with E-state index in [0.29, 0.717) is 18.7 Å². The van der Waals surface area contributed by atoms with Crippen LogP contribution in [-0.4, -0.2) is 82.1 Å².